The summed E-state index contributed by atoms with van der Waals surface area (Å²) in [4.78, 5) is 14.6. The SMILES string of the molecule is CC1(C)OB(c2ccc(Cl)c(C(=O)N3CCCC3CO)c2)OC1(C)C. The van der Waals surface area contributed by atoms with Gasteiger partial charge in [0.05, 0.1) is 34.4 Å². The maximum absolute atomic E-state index is 12.9. The topological polar surface area (TPSA) is 59.0 Å². The largest absolute Gasteiger partial charge is 0.494 e. The van der Waals surface area contributed by atoms with Crippen molar-refractivity contribution in [2.45, 2.75) is 57.8 Å². The molecule has 0 radical (unpaired) electrons. The zero-order valence-electron chi connectivity index (χ0n) is 15.2. The van der Waals surface area contributed by atoms with E-state index in [4.69, 9.17) is 20.9 Å². The number of halogens is 1. The third-order valence-electron chi connectivity index (χ3n) is 5.59. The van der Waals surface area contributed by atoms with E-state index in [-0.39, 0.29) is 18.6 Å². The van der Waals surface area contributed by atoms with Crippen molar-refractivity contribution < 1.29 is 19.2 Å². The van der Waals surface area contributed by atoms with Crippen molar-refractivity contribution in [3.05, 3.63) is 28.8 Å². The van der Waals surface area contributed by atoms with Crippen LogP contribution in [0.4, 0.5) is 0 Å². The standard InChI is InChI=1S/C18H25BClNO4/c1-17(2)18(3,4)25-19(24-17)12-7-8-15(20)14(10-12)16(23)21-9-5-6-13(21)11-22/h7-8,10,13,22H,5-6,9,11H2,1-4H3. The molecule has 0 saturated carbocycles. The first-order valence-electron chi connectivity index (χ1n) is 8.73. The van der Waals surface area contributed by atoms with E-state index in [2.05, 4.69) is 0 Å². The quantitative estimate of drug-likeness (QED) is 0.835. The fourth-order valence-corrected chi connectivity index (χ4v) is 3.48. The Bertz CT molecular complexity index is 663. The van der Waals surface area contributed by atoms with Crippen molar-refractivity contribution in [1.82, 2.24) is 4.90 Å². The predicted octanol–water partition coefficient (Wildman–Crippen LogP) is 2.24. The zero-order valence-corrected chi connectivity index (χ0v) is 16.0. The highest BCUT2D eigenvalue weighted by molar-refractivity contribution is 6.62. The van der Waals surface area contributed by atoms with Crippen molar-refractivity contribution in [3.8, 4) is 0 Å². The van der Waals surface area contributed by atoms with E-state index in [0.29, 0.717) is 17.1 Å². The minimum atomic E-state index is -0.541. The van der Waals surface area contributed by atoms with E-state index >= 15 is 0 Å². The average Bonchev–Trinajstić information content (AvgIpc) is 3.09. The summed E-state index contributed by atoms with van der Waals surface area (Å²) in [5.41, 5.74) is 0.303. The van der Waals surface area contributed by atoms with Gasteiger partial charge in [-0.05, 0) is 58.1 Å². The molecule has 2 saturated heterocycles. The van der Waals surface area contributed by atoms with Gasteiger partial charge in [0, 0.05) is 6.54 Å². The molecule has 136 valence electrons. The molecular formula is C18H25BClNO4. The highest BCUT2D eigenvalue weighted by Crippen LogP contribution is 2.36. The summed E-state index contributed by atoms with van der Waals surface area (Å²) in [5, 5.41) is 9.87. The Morgan fingerprint density at radius 1 is 1.32 bits per heavy atom. The lowest BCUT2D eigenvalue weighted by atomic mass is 9.78. The van der Waals surface area contributed by atoms with Crippen molar-refractivity contribution in [3.63, 3.8) is 0 Å². The summed E-state index contributed by atoms with van der Waals surface area (Å²) in [6.45, 7) is 8.58. The molecule has 25 heavy (non-hydrogen) atoms. The normalized spacial score (nSPS) is 24.8. The van der Waals surface area contributed by atoms with Crippen molar-refractivity contribution in [1.29, 1.82) is 0 Å². The third-order valence-corrected chi connectivity index (χ3v) is 5.92. The van der Waals surface area contributed by atoms with Crippen LogP contribution in [0.1, 0.15) is 50.9 Å². The van der Waals surface area contributed by atoms with Gasteiger partial charge in [-0.15, -0.1) is 0 Å². The summed E-state index contributed by atoms with van der Waals surface area (Å²) in [6, 6.07) is 5.15. The number of aliphatic hydroxyl groups is 1. The second-order valence-corrected chi connectivity index (χ2v) is 8.21. The summed E-state index contributed by atoms with van der Waals surface area (Å²) in [6.07, 6.45) is 1.71. The molecule has 7 heteroatoms. The van der Waals surface area contributed by atoms with Crippen LogP contribution >= 0.6 is 11.6 Å². The van der Waals surface area contributed by atoms with Crippen molar-refractivity contribution in [2.75, 3.05) is 13.2 Å². The van der Waals surface area contributed by atoms with E-state index in [1.165, 1.54) is 0 Å². The van der Waals surface area contributed by atoms with Crippen molar-refractivity contribution >= 4 is 30.1 Å². The minimum absolute atomic E-state index is 0.0275. The molecule has 1 amide bonds. The Labute approximate surface area is 154 Å². The maximum Gasteiger partial charge on any atom is 0.494 e. The van der Waals surface area contributed by atoms with Crippen LogP contribution in [0.15, 0.2) is 18.2 Å². The number of rotatable bonds is 3. The Morgan fingerprint density at radius 3 is 2.56 bits per heavy atom. The van der Waals surface area contributed by atoms with Gasteiger partial charge in [0.15, 0.2) is 0 Å². The monoisotopic (exact) mass is 365 g/mol. The minimum Gasteiger partial charge on any atom is -0.399 e. The molecule has 0 bridgehead atoms. The summed E-state index contributed by atoms with van der Waals surface area (Å²) >= 11 is 6.29. The van der Waals surface area contributed by atoms with Gasteiger partial charge in [-0.2, -0.15) is 0 Å². The van der Waals surface area contributed by atoms with E-state index in [9.17, 15) is 9.90 Å². The van der Waals surface area contributed by atoms with E-state index in [1.807, 2.05) is 33.8 Å². The molecular weight excluding hydrogens is 340 g/mol. The fourth-order valence-electron chi connectivity index (χ4n) is 3.28. The molecule has 1 aromatic rings. The first kappa shape index (κ1) is 18.7. The van der Waals surface area contributed by atoms with E-state index in [0.717, 1.165) is 18.3 Å². The van der Waals surface area contributed by atoms with E-state index in [1.54, 1.807) is 17.0 Å². The molecule has 5 nitrogen and oxygen atoms in total. The van der Waals surface area contributed by atoms with Gasteiger partial charge >= 0.3 is 7.12 Å². The molecule has 1 unspecified atom stereocenters. The molecule has 3 rings (SSSR count). The molecule has 0 aliphatic carbocycles. The van der Waals surface area contributed by atoms with Crippen LogP contribution in [0.25, 0.3) is 0 Å². The van der Waals surface area contributed by atoms with Gasteiger partial charge in [-0.1, -0.05) is 17.7 Å². The van der Waals surface area contributed by atoms with Gasteiger partial charge in [0.2, 0.25) is 0 Å². The van der Waals surface area contributed by atoms with Gasteiger partial charge in [-0.3, -0.25) is 4.79 Å². The lowest BCUT2D eigenvalue weighted by Gasteiger charge is -2.32. The smallest absolute Gasteiger partial charge is 0.399 e. The number of aliphatic hydroxyl groups excluding tert-OH is 1. The van der Waals surface area contributed by atoms with Gasteiger partial charge in [0.1, 0.15) is 0 Å². The lowest BCUT2D eigenvalue weighted by molar-refractivity contribution is 0.00578. The molecule has 0 spiro atoms. The third kappa shape index (κ3) is 3.33. The van der Waals surface area contributed by atoms with Crippen LogP contribution in [0, 0.1) is 0 Å². The Morgan fingerprint density at radius 2 is 1.96 bits per heavy atom. The van der Waals surface area contributed by atoms with Crippen LogP contribution in [-0.4, -0.2) is 53.4 Å². The van der Waals surface area contributed by atoms with Gasteiger partial charge in [0.25, 0.3) is 5.91 Å². The first-order valence-corrected chi connectivity index (χ1v) is 9.11. The molecule has 2 fully saturated rings. The molecule has 1 N–H and O–H groups in total. The predicted molar refractivity (Wildman–Crippen MR) is 98.3 cm³/mol. The number of amides is 1. The Kier molecular flexibility index (Phi) is 4.92. The van der Waals surface area contributed by atoms with E-state index < -0.39 is 18.3 Å². The van der Waals surface area contributed by atoms with Crippen LogP contribution in [0.5, 0.6) is 0 Å². The number of hydrogen-bond acceptors (Lipinski definition) is 4. The summed E-state index contributed by atoms with van der Waals surface area (Å²) in [7, 11) is -0.541. The summed E-state index contributed by atoms with van der Waals surface area (Å²) in [5.74, 6) is -0.153. The van der Waals surface area contributed by atoms with Crippen LogP contribution in [0.3, 0.4) is 0 Å². The van der Waals surface area contributed by atoms with Crippen LogP contribution < -0.4 is 5.46 Å². The number of carbonyl (C=O) groups is 1. The molecule has 1 atom stereocenters. The molecule has 1 aromatic carbocycles. The van der Waals surface area contributed by atoms with Crippen molar-refractivity contribution in [2.24, 2.45) is 0 Å². The molecule has 2 aliphatic heterocycles. The number of likely N-dealkylation sites (tertiary alicyclic amines) is 1. The Hall–Kier alpha value is -1.08. The second kappa shape index (κ2) is 6.58. The van der Waals surface area contributed by atoms with Gasteiger partial charge < -0.3 is 19.3 Å². The number of benzene rings is 1. The molecule has 2 heterocycles. The summed E-state index contributed by atoms with van der Waals surface area (Å²) < 4.78 is 12.1. The average molecular weight is 366 g/mol. The highest BCUT2D eigenvalue weighted by Gasteiger charge is 2.51. The molecule has 2 aliphatic rings. The number of hydrogen-bond donors (Lipinski definition) is 1. The Balaban J connectivity index is 1.88. The van der Waals surface area contributed by atoms with Crippen LogP contribution in [-0.2, 0) is 9.31 Å². The number of carbonyl (C=O) groups excluding carboxylic acids is 1. The molecule has 0 aromatic heterocycles. The highest BCUT2D eigenvalue weighted by atomic mass is 35.5. The second-order valence-electron chi connectivity index (χ2n) is 7.80. The lowest BCUT2D eigenvalue weighted by Crippen LogP contribution is -2.41. The van der Waals surface area contributed by atoms with Gasteiger partial charge in [-0.25, -0.2) is 0 Å². The maximum atomic E-state index is 12.9. The fraction of sp³-hybridized carbons (Fsp3) is 0.611. The first-order chi connectivity index (χ1) is 11.7. The van der Waals surface area contributed by atoms with Crippen LogP contribution in [0.2, 0.25) is 5.02 Å². The number of nitrogens with zero attached hydrogens (tertiary/aromatic N) is 1. The zero-order chi connectivity index (χ0) is 18.4.